The van der Waals surface area contributed by atoms with Gasteiger partial charge in [0.05, 0.1) is 20.3 Å². The zero-order chi connectivity index (χ0) is 26.3. The van der Waals surface area contributed by atoms with Crippen LogP contribution in [-0.2, 0) is 6.42 Å². The Morgan fingerprint density at radius 1 is 1.03 bits per heavy atom. The van der Waals surface area contributed by atoms with Gasteiger partial charge in [0.2, 0.25) is 0 Å². The number of nitrogens with zero attached hydrogens (tertiary/aromatic N) is 2. The molecule has 1 aliphatic heterocycles. The van der Waals surface area contributed by atoms with Crippen LogP contribution in [0.5, 0.6) is 17.2 Å². The number of benzene rings is 3. The number of aromatic amines is 1. The molecule has 0 saturated carbocycles. The van der Waals surface area contributed by atoms with Crippen LogP contribution in [0, 0.1) is 13.8 Å². The highest BCUT2D eigenvalue weighted by Crippen LogP contribution is 2.45. The van der Waals surface area contributed by atoms with Gasteiger partial charge in [-0.1, -0.05) is 35.9 Å². The van der Waals surface area contributed by atoms with Crippen molar-refractivity contribution in [3.63, 3.8) is 0 Å². The van der Waals surface area contributed by atoms with Gasteiger partial charge in [0.1, 0.15) is 17.1 Å². The van der Waals surface area contributed by atoms with E-state index in [1.165, 1.54) is 0 Å². The predicted molar refractivity (Wildman–Crippen MR) is 143 cm³/mol. The maximum atomic E-state index is 13.7. The Morgan fingerprint density at radius 3 is 2.43 bits per heavy atom. The summed E-state index contributed by atoms with van der Waals surface area (Å²) in [6.07, 6.45) is 0.609. The maximum absolute atomic E-state index is 13.7. The first kappa shape index (κ1) is 24.7. The highest BCUT2D eigenvalue weighted by Gasteiger charge is 2.42. The van der Waals surface area contributed by atoms with Crippen LogP contribution in [0.4, 0.5) is 0 Å². The van der Waals surface area contributed by atoms with Crippen LogP contribution in [0.1, 0.15) is 44.3 Å². The number of fused-ring (bicyclic) bond motifs is 1. The number of hydrogen-bond donors (Lipinski definition) is 2. The summed E-state index contributed by atoms with van der Waals surface area (Å²) in [6.45, 7) is 4.33. The Morgan fingerprint density at radius 2 is 1.76 bits per heavy atom. The van der Waals surface area contributed by atoms with Crippen LogP contribution >= 0.6 is 11.6 Å². The van der Waals surface area contributed by atoms with Gasteiger partial charge in [0.25, 0.3) is 5.91 Å². The number of hydrogen-bond acceptors (Lipinski definition) is 5. The van der Waals surface area contributed by atoms with E-state index in [9.17, 15) is 9.90 Å². The molecule has 0 radical (unpaired) electrons. The van der Waals surface area contributed by atoms with Crippen molar-refractivity contribution in [1.82, 2.24) is 15.1 Å². The van der Waals surface area contributed by atoms with Crippen LogP contribution in [0.15, 0.2) is 54.6 Å². The number of H-pyrrole nitrogens is 1. The van der Waals surface area contributed by atoms with E-state index in [4.69, 9.17) is 21.1 Å². The van der Waals surface area contributed by atoms with E-state index < -0.39 is 6.04 Å². The van der Waals surface area contributed by atoms with Crippen LogP contribution < -0.4 is 9.47 Å². The molecule has 0 spiro atoms. The van der Waals surface area contributed by atoms with Gasteiger partial charge in [-0.05, 0) is 72.9 Å². The smallest absolute Gasteiger partial charge is 0.273 e. The number of aryl methyl sites for hydroxylation is 2. The van der Waals surface area contributed by atoms with E-state index in [2.05, 4.69) is 10.2 Å². The zero-order valence-electron chi connectivity index (χ0n) is 21.1. The molecule has 0 bridgehead atoms. The first-order chi connectivity index (χ1) is 17.8. The number of phenolic OH excluding ortho intramolecular Hbond substituents is 1. The molecule has 1 aliphatic rings. The minimum Gasteiger partial charge on any atom is -0.507 e. The number of nitrogens with one attached hydrogen (secondary N) is 1. The second-order valence-corrected chi connectivity index (χ2v) is 9.67. The van der Waals surface area contributed by atoms with Crippen molar-refractivity contribution in [3.05, 3.63) is 93.1 Å². The fraction of sp³-hybridized carbons (Fsp3) is 0.241. The van der Waals surface area contributed by atoms with Gasteiger partial charge < -0.3 is 19.5 Å². The van der Waals surface area contributed by atoms with Gasteiger partial charge in [-0.15, -0.1) is 0 Å². The molecule has 5 rings (SSSR count). The van der Waals surface area contributed by atoms with Crippen LogP contribution in [0.2, 0.25) is 5.02 Å². The normalized spacial score (nSPS) is 14.7. The number of aromatic nitrogens is 2. The third kappa shape index (κ3) is 4.40. The standard InChI is InChI=1S/C29H28ClN3O4/c1-16-13-17(2)24(21(34)14-16)26-25-27(32-31-26)29(35)33(28(25)19-6-8-20(30)9-7-19)12-11-18-5-10-22(36-3)23(15-18)37-4/h5-10,13-15,28,34H,11-12H2,1-4H3,(H,31,32). The lowest BCUT2D eigenvalue weighted by molar-refractivity contribution is 0.0746. The van der Waals surface area contributed by atoms with Gasteiger partial charge in [-0.2, -0.15) is 5.10 Å². The summed E-state index contributed by atoms with van der Waals surface area (Å²) in [7, 11) is 3.20. The van der Waals surface area contributed by atoms with E-state index in [0.717, 1.165) is 27.8 Å². The van der Waals surface area contributed by atoms with Crippen molar-refractivity contribution in [2.24, 2.45) is 0 Å². The molecule has 2 N–H and O–H groups in total. The van der Waals surface area contributed by atoms with Crippen molar-refractivity contribution in [3.8, 4) is 28.5 Å². The Bertz CT molecular complexity index is 1460. The molecule has 7 nitrogen and oxygen atoms in total. The number of ether oxygens (including phenoxy) is 2. The molecule has 4 aromatic rings. The SMILES string of the molecule is COc1ccc(CCN2C(=O)c3[nH]nc(-c4c(C)cc(C)cc4O)c3C2c2ccc(Cl)cc2)cc1OC. The molecule has 37 heavy (non-hydrogen) atoms. The summed E-state index contributed by atoms with van der Waals surface area (Å²) in [5.74, 6) is 1.29. The first-order valence-electron chi connectivity index (χ1n) is 12.0. The lowest BCUT2D eigenvalue weighted by atomic mass is 9.93. The Labute approximate surface area is 220 Å². The van der Waals surface area contributed by atoms with Crippen LogP contribution in [0.25, 0.3) is 11.3 Å². The molecule has 0 saturated heterocycles. The fourth-order valence-corrected chi connectivity index (χ4v) is 5.27. The zero-order valence-corrected chi connectivity index (χ0v) is 21.9. The highest BCUT2D eigenvalue weighted by atomic mass is 35.5. The molecular weight excluding hydrogens is 490 g/mol. The van der Waals surface area contributed by atoms with E-state index in [1.807, 2.05) is 67.3 Å². The Balaban J connectivity index is 1.57. The molecule has 2 heterocycles. The third-order valence-corrected chi connectivity index (χ3v) is 7.09. The minimum absolute atomic E-state index is 0.137. The Kier molecular flexibility index (Phi) is 6.56. The number of halogens is 1. The summed E-state index contributed by atoms with van der Waals surface area (Å²) < 4.78 is 10.8. The van der Waals surface area contributed by atoms with Crippen molar-refractivity contribution in [2.75, 3.05) is 20.8 Å². The number of carbonyl (C=O) groups excluding carboxylic acids is 1. The summed E-state index contributed by atoms with van der Waals surface area (Å²) in [5.41, 5.74) is 6.15. The summed E-state index contributed by atoms with van der Waals surface area (Å²) in [6, 6.07) is 16.6. The molecule has 190 valence electrons. The van der Waals surface area contributed by atoms with Crippen LogP contribution in [-0.4, -0.2) is 46.9 Å². The number of amides is 1. The molecule has 3 aromatic carbocycles. The number of phenols is 1. The topological polar surface area (TPSA) is 87.7 Å². The van der Waals surface area contributed by atoms with E-state index >= 15 is 0 Å². The maximum Gasteiger partial charge on any atom is 0.273 e. The van der Waals surface area contributed by atoms with Gasteiger partial charge in [0.15, 0.2) is 11.5 Å². The minimum atomic E-state index is -0.395. The predicted octanol–water partition coefficient (Wildman–Crippen LogP) is 5.86. The lowest BCUT2D eigenvalue weighted by Crippen LogP contribution is -2.31. The second kappa shape index (κ2) is 9.82. The number of methoxy groups -OCH3 is 2. The number of rotatable bonds is 7. The number of carbonyl (C=O) groups is 1. The molecule has 8 heteroatoms. The summed E-state index contributed by atoms with van der Waals surface area (Å²) in [4.78, 5) is 15.5. The van der Waals surface area contributed by atoms with E-state index in [1.54, 1.807) is 20.3 Å². The van der Waals surface area contributed by atoms with Gasteiger partial charge >= 0.3 is 0 Å². The average molecular weight is 518 g/mol. The first-order valence-corrected chi connectivity index (χ1v) is 12.4. The molecule has 0 fully saturated rings. The fourth-order valence-electron chi connectivity index (χ4n) is 5.15. The van der Waals surface area contributed by atoms with E-state index in [0.29, 0.717) is 46.4 Å². The molecule has 1 atom stereocenters. The third-order valence-electron chi connectivity index (χ3n) is 6.83. The van der Waals surface area contributed by atoms with Gasteiger partial charge in [-0.3, -0.25) is 9.89 Å². The van der Waals surface area contributed by atoms with Crippen molar-refractivity contribution < 1.29 is 19.4 Å². The largest absolute Gasteiger partial charge is 0.507 e. The summed E-state index contributed by atoms with van der Waals surface area (Å²) in [5, 5.41) is 18.9. The van der Waals surface area contributed by atoms with E-state index in [-0.39, 0.29) is 11.7 Å². The second-order valence-electron chi connectivity index (χ2n) is 9.23. The van der Waals surface area contributed by atoms with Crippen molar-refractivity contribution in [1.29, 1.82) is 0 Å². The molecular formula is C29H28ClN3O4. The van der Waals surface area contributed by atoms with Crippen LogP contribution in [0.3, 0.4) is 0 Å². The molecule has 1 unspecified atom stereocenters. The van der Waals surface area contributed by atoms with Gasteiger partial charge in [-0.25, -0.2) is 0 Å². The summed E-state index contributed by atoms with van der Waals surface area (Å²) >= 11 is 6.19. The molecule has 1 amide bonds. The monoisotopic (exact) mass is 517 g/mol. The van der Waals surface area contributed by atoms with Crippen molar-refractivity contribution >= 4 is 17.5 Å². The average Bonchev–Trinajstić information content (AvgIpc) is 3.41. The molecule has 0 aliphatic carbocycles. The quantitative estimate of drug-likeness (QED) is 0.321. The van der Waals surface area contributed by atoms with Gasteiger partial charge in [0, 0.05) is 22.7 Å². The number of aromatic hydroxyl groups is 1. The highest BCUT2D eigenvalue weighted by molar-refractivity contribution is 6.30. The lowest BCUT2D eigenvalue weighted by Gasteiger charge is -2.27. The molecule has 1 aromatic heterocycles. The van der Waals surface area contributed by atoms with Crippen molar-refractivity contribution in [2.45, 2.75) is 26.3 Å². The Hall–Kier alpha value is -3.97.